The van der Waals surface area contributed by atoms with E-state index in [4.69, 9.17) is 0 Å². The second-order valence-electron chi connectivity index (χ2n) is 6.75. The standard InChI is InChI=1S/C21H21N3O4S/c1-29(27,28)21-22-18(14-12-16-8-4-2-5-9-16)20(24(25)26)19(23-21)15-13-17-10-6-3-7-11-17/h2-11H,12-15H2,1H3. The molecule has 29 heavy (non-hydrogen) atoms. The van der Waals surface area contributed by atoms with Crippen molar-refractivity contribution in [2.45, 2.75) is 30.8 Å². The maximum absolute atomic E-state index is 12.1. The highest BCUT2D eigenvalue weighted by Gasteiger charge is 2.27. The number of hydrogen-bond donors (Lipinski definition) is 0. The van der Waals surface area contributed by atoms with Gasteiger partial charge in [0.2, 0.25) is 15.0 Å². The Morgan fingerprint density at radius 2 is 1.21 bits per heavy atom. The minimum Gasteiger partial charge on any atom is -0.258 e. The monoisotopic (exact) mass is 411 g/mol. The fraction of sp³-hybridized carbons (Fsp3) is 0.238. The molecular weight excluding hydrogens is 390 g/mol. The first-order valence-corrected chi connectivity index (χ1v) is 11.1. The Hall–Kier alpha value is -3.13. The van der Waals surface area contributed by atoms with Gasteiger partial charge in [-0.1, -0.05) is 60.7 Å². The van der Waals surface area contributed by atoms with Gasteiger partial charge in [0.1, 0.15) is 11.4 Å². The normalized spacial score (nSPS) is 11.3. The molecule has 150 valence electrons. The summed E-state index contributed by atoms with van der Waals surface area (Å²) in [5.74, 6) is 0. The molecule has 3 aromatic rings. The maximum atomic E-state index is 12.1. The summed E-state index contributed by atoms with van der Waals surface area (Å²) in [6.07, 6.45) is 2.55. The van der Waals surface area contributed by atoms with Gasteiger partial charge < -0.3 is 0 Å². The summed E-state index contributed by atoms with van der Waals surface area (Å²) in [6.45, 7) is 0. The second kappa shape index (κ2) is 8.91. The van der Waals surface area contributed by atoms with Gasteiger partial charge in [0.25, 0.3) is 0 Å². The first-order chi connectivity index (χ1) is 13.8. The highest BCUT2D eigenvalue weighted by Crippen LogP contribution is 2.25. The van der Waals surface area contributed by atoms with Crippen LogP contribution in [0.2, 0.25) is 0 Å². The van der Waals surface area contributed by atoms with E-state index in [1.54, 1.807) is 0 Å². The Morgan fingerprint density at radius 3 is 1.55 bits per heavy atom. The van der Waals surface area contributed by atoms with Crippen LogP contribution in [0.1, 0.15) is 22.5 Å². The van der Waals surface area contributed by atoms with Crippen molar-refractivity contribution >= 4 is 15.5 Å². The average Bonchev–Trinajstić information content (AvgIpc) is 2.71. The molecule has 7 nitrogen and oxygen atoms in total. The third-order valence-corrected chi connectivity index (χ3v) is 5.35. The SMILES string of the molecule is CS(=O)(=O)c1nc(CCc2ccccc2)c([N+](=O)[O-])c(CCc2ccccc2)n1. The summed E-state index contributed by atoms with van der Waals surface area (Å²) in [6, 6.07) is 19.0. The third-order valence-electron chi connectivity index (χ3n) is 4.51. The van der Waals surface area contributed by atoms with E-state index in [9.17, 15) is 18.5 Å². The van der Waals surface area contributed by atoms with Gasteiger partial charge in [0.05, 0.1) is 4.92 Å². The number of hydrogen-bond acceptors (Lipinski definition) is 6. The van der Waals surface area contributed by atoms with Crippen molar-refractivity contribution < 1.29 is 13.3 Å². The smallest absolute Gasteiger partial charge is 0.258 e. The van der Waals surface area contributed by atoms with Crippen molar-refractivity contribution in [3.05, 3.63) is 93.3 Å². The lowest BCUT2D eigenvalue weighted by atomic mass is 10.0. The summed E-state index contributed by atoms with van der Waals surface area (Å²) in [5, 5.41) is 11.4. The zero-order valence-electron chi connectivity index (χ0n) is 16.0. The minimum absolute atomic E-state index is 0.150. The molecule has 0 bridgehead atoms. The van der Waals surface area contributed by atoms with Crippen LogP contribution < -0.4 is 0 Å². The lowest BCUT2D eigenvalue weighted by molar-refractivity contribution is -0.387. The van der Waals surface area contributed by atoms with Gasteiger partial charge >= 0.3 is 5.69 Å². The van der Waals surface area contributed by atoms with E-state index in [0.29, 0.717) is 12.8 Å². The Kier molecular flexibility index (Phi) is 6.33. The first-order valence-electron chi connectivity index (χ1n) is 9.16. The van der Waals surface area contributed by atoms with Crippen LogP contribution in [0.15, 0.2) is 65.8 Å². The first kappa shape index (κ1) is 20.6. The summed E-state index contributed by atoms with van der Waals surface area (Å²) in [4.78, 5) is 19.4. The Labute approximate surface area is 169 Å². The van der Waals surface area contributed by atoms with E-state index in [1.165, 1.54) is 0 Å². The van der Waals surface area contributed by atoms with Crippen molar-refractivity contribution in [3.8, 4) is 0 Å². The van der Waals surface area contributed by atoms with Gasteiger partial charge in [-0.2, -0.15) is 0 Å². The molecule has 0 unspecified atom stereocenters. The quantitative estimate of drug-likeness (QED) is 0.320. The molecular formula is C21H21N3O4S. The van der Waals surface area contributed by atoms with E-state index >= 15 is 0 Å². The molecule has 1 heterocycles. The predicted molar refractivity (Wildman–Crippen MR) is 109 cm³/mol. The van der Waals surface area contributed by atoms with Crippen molar-refractivity contribution in [2.24, 2.45) is 0 Å². The molecule has 0 radical (unpaired) electrons. The largest absolute Gasteiger partial charge is 0.312 e. The molecule has 8 heteroatoms. The number of rotatable bonds is 8. The molecule has 3 rings (SSSR count). The summed E-state index contributed by atoms with van der Waals surface area (Å²) < 4.78 is 24.1. The Bertz CT molecular complexity index is 1040. The van der Waals surface area contributed by atoms with E-state index in [2.05, 4.69) is 9.97 Å². The molecule has 0 spiro atoms. The number of aryl methyl sites for hydroxylation is 4. The molecule has 2 aromatic carbocycles. The summed E-state index contributed by atoms with van der Waals surface area (Å²) in [5.41, 5.74) is 2.10. The van der Waals surface area contributed by atoms with Crippen LogP contribution in [0.4, 0.5) is 5.69 Å². The van der Waals surface area contributed by atoms with Gasteiger partial charge in [-0.3, -0.25) is 10.1 Å². The second-order valence-corrected chi connectivity index (χ2v) is 8.66. The van der Waals surface area contributed by atoms with Crippen molar-refractivity contribution in [1.82, 2.24) is 9.97 Å². The van der Waals surface area contributed by atoms with Gasteiger partial charge in [0.15, 0.2) is 0 Å². The Balaban J connectivity index is 1.99. The van der Waals surface area contributed by atoms with Crippen molar-refractivity contribution in [1.29, 1.82) is 0 Å². The highest BCUT2D eigenvalue weighted by molar-refractivity contribution is 7.90. The maximum Gasteiger partial charge on any atom is 0.312 e. The van der Waals surface area contributed by atoms with E-state index in [1.807, 2.05) is 60.7 Å². The van der Waals surface area contributed by atoms with Crippen molar-refractivity contribution in [2.75, 3.05) is 6.26 Å². The number of nitrogens with zero attached hydrogens (tertiary/aromatic N) is 3. The number of nitro groups is 1. The van der Waals surface area contributed by atoms with Crippen LogP contribution in [0, 0.1) is 10.1 Å². The summed E-state index contributed by atoms with van der Waals surface area (Å²) in [7, 11) is -3.70. The molecule has 0 atom stereocenters. The zero-order valence-corrected chi connectivity index (χ0v) is 16.8. The van der Waals surface area contributed by atoms with Gasteiger partial charge in [-0.15, -0.1) is 0 Å². The van der Waals surface area contributed by atoms with E-state index in [0.717, 1.165) is 17.4 Å². The molecule has 0 aliphatic heterocycles. The molecule has 0 amide bonds. The number of aromatic nitrogens is 2. The predicted octanol–water partition coefficient (Wildman–Crippen LogP) is 3.36. The van der Waals surface area contributed by atoms with Crippen LogP contribution in [0.3, 0.4) is 0 Å². The highest BCUT2D eigenvalue weighted by atomic mass is 32.2. The van der Waals surface area contributed by atoms with Crippen LogP contribution in [0.5, 0.6) is 0 Å². The Morgan fingerprint density at radius 1 is 0.793 bits per heavy atom. The fourth-order valence-electron chi connectivity index (χ4n) is 3.07. The molecule has 0 fully saturated rings. The van der Waals surface area contributed by atoms with Crippen LogP contribution in [-0.2, 0) is 35.5 Å². The lowest BCUT2D eigenvalue weighted by Crippen LogP contribution is -2.14. The van der Waals surface area contributed by atoms with Crippen LogP contribution >= 0.6 is 0 Å². The van der Waals surface area contributed by atoms with Crippen molar-refractivity contribution in [3.63, 3.8) is 0 Å². The van der Waals surface area contributed by atoms with Crippen LogP contribution in [0.25, 0.3) is 0 Å². The molecule has 0 N–H and O–H groups in total. The van der Waals surface area contributed by atoms with Gasteiger partial charge in [-0.05, 0) is 24.0 Å². The minimum atomic E-state index is -3.70. The molecule has 0 aliphatic carbocycles. The number of sulfone groups is 1. The topological polar surface area (TPSA) is 103 Å². The molecule has 0 saturated carbocycles. The third kappa shape index (κ3) is 5.45. The number of benzene rings is 2. The molecule has 0 saturated heterocycles. The van der Waals surface area contributed by atoms with Crippen LogP contribution in [-0.4, -0.2) is 29.6 Å². The molecule has 1 aromatic heterocycles. The van der Waals surface area contributed by atoms with Gasteiger partial charge in [-0.25, -0.2) is 18.4 Å². The van der Waals surface area contributed by atoms with E-state index in [-0.39, 0.29) is 35.1 Å². The fourth-order valence-corrected chi connectivity index (χ4v) is 3.62. The van der Waals surface area contributed by atoms with Gasteiger partial charge in [0, 0.05) is 19.1 Å². The zero-order chi connectivity index (χ0) is 20.9. The lowest BCUT2D eigenvalue weighted by Gasteiger charge is -2.10. The molecule has 0 aliphatic rings. The average molecular weight is 411 g/mol. The van der Waals surface area contributed by atoms with E-state index < -0.39 is 14.8 Å². The summed E-state index contributed by atoms with van der Waals surface area (Å²) >= 11 is 0.